The summed E-state index contributed by atoms with van der Waals surface area (Å²) in [6, 6.07) is 0. The largest absolute Gasteiger partial charge is 0.494 e. The molecule has 1 amide bonds. The van der Waals surface area contributed by atoms with E-state index in [1.807, 2.05) is 18.8 Å². The van der Waals surface area contributed by atoms with E-state index in [9.17, 15) is 19.5 Å². The normalized spacial score (nSPS) is 10.4. The van der Waals surface area contributed by atoms with Gasteiger partial charge in [-0.25, -0.2) is 4.79 Å². The van der Waals surface area contributed by atoms with Crippen molar-refractivity contribution in [2.75, 3.05) is 6.54 Å². The van der Waals surface area contributed by atoms with Crippen LogP contribution < -0.4 is 16.6 Å². The monoisotopic (exact) mass is 269 g/mol. The summed E-state index contributed by atoms with van der Waals surface area (Å²) in [5.41, 5.74) is -2.00. The molecule has 1 rings (SSSR count). The number of carbonyl (C=O) groups excluding carboxylic acids is 1. The molecule has 0 unspecified atom stereocenters. The first-order valence-electron chi connectivity index (χ1n) is 6.37. The summed E-state index contributed by atoms with van der Waals surface area (Å²) in [4.78, 5) is 37.0. The molecule has 0 bridgehead atoms. The molecule has 1 aromatic heterocycles. The number of amides is 1. The van der Waals surface area contributed by atoms with Gasteiger partial charge in [-0.1, -0.05) is 20.3 Å². The van der Waals surface area contributed by atoms with Crippen LogP contribution in [0.4, 0.5) is 0 Å². The molecule has 0 radical (unpaired) electrons. The fourth-order valence-corrected chi connectivity index (χ4v) is 1.66. The van der Waals surface area contributed by atoms with Gasteiger partial charge >= 0.3 is 5.69 Å². The Morgan fingerprint density at radius 1 is 1.32 bits per heavy atom. The maximum Gasteiger partial charge on any atom is 0.331 e. The average molecular weight is 269 g/mol. The fourth-order valence-electron chi connectivity index (χ4n) is 1.66. The predicted molar refractivity (Wildman–Crippen MR) is 70.5 cm³/mol. The number of carbonyl (C=O) groups is 1. The standard InChI is InChI=1S/C12H19N3O4/c1-3-5-6-13-9(16)8-10(17)14-12(19)15(7-4-2)11(8)18/h18H,3-7H2,1-2H3,(H,13,16)(H,14,17,19). The van der Waals surface area contributed by atoms with Crippen molar-refractivity contribution in [3.05, 3.63) is 26.4 Å². The number of unbranched alkanes of at least 4 members (excludes halogenated alkanes) is 1. The lowest BCUT2D eigenvalue weighted by Gasteiger charge is -2.10. The predicted octanol–water partition coefficient (Wildman–Crippen LogP) is 0.182. The SMILES string of the molecule is CCCCNC(=O)c1c(O)n(CCC)c(=O)[nH]c1=O. The van der Waals surface area contributed by atoms with Crippen molar-refractivity contribution in [3.63, 3.8) is 0 Å². The highest BCUT2D eigenvalue weighted by atomic mass is 16.3. The van der Waals surface area contributed by atoms with Crippen LogP contribution in [0.3, 0.4) is 0 Å². The van der Waals surface area contributed by atoms with Gasteiger partial charge in [0.25, 0.3) is 11.5 Å². The molecule has 1 heterocycles. The summed E-state index contributed by atoms with van der Waals surface area (Å²) in [5.74, 6) is -1.25. The number of hydrogen-bond acceptors (Lipinski definition) is 4. The zero-order valence-electron chi connectivity index (χ0n) is 11.2. The highest BCUT2D eigenvalue weighted by Crippen LogP contribution is 2.10. The molecule has 7 nitrogen and oxygen atoms in total. The second-order valence-corrected chi connectivity index (χ2v) is 4.22. The lowest BCUT2D eigenvalue weighted by Crippen LogP contribution is -2.37. The number of hydrogen-bond donors (Lipinski definition) is 3. The van der Waals surface area contributed by atoms with Crippen LogP contribution in [0.15, 0.2) is 9.59 Å². The average Bonchev–Trinajstić information content (AvgIpc) is 2.34. The Morgan fingerprint density at radius 2 is 2.00 bits per heavy atom. The molecular weight excluding hydrogens is 250 g/mol. The molecule has 0 aliphatic rings. The maximum absolute atomic E-state index is 11.8. The summed E-state index contributed by atoms with van der Waals surface area (Å²) in [6.45, 7) is 4.44. The summed E-state index contributed by atoms with van der Waals surface area (Å²) in [5, 5.41) is 12.4. The van der Waals surface area contributed by atoms with Crippen LogP contribution in [0.2, 0.25) is 0 Å². The second kappa shape index (κ2) is 6.77. The molecule has 1 aromatic rings. The van der Waals surface area contributed by atoms with E-state index in [1.54, 1.807) is 0 Å². The van der Waals surface area contributed by atoms with Crippen molar-refractivity contribution in [1.82, 2.24) is 14.9 Å². The van der Waals surface area contributed by atoms with Gasteiger partial charge in [0.15, 0.2) is 5.56 Å². The van der Waals surface area contributed by atoms with Gasteiger partial charge in [-0.15, -0.1) is 0 Å². The molecule has 3 N–H and O–H groups in total. The van der Waals surface area contributed by atoms with Gasteiger partial charge in [-0.05, 0) is 12.8 Å². The first-order chi connectivity index (χ1) is 9.02. The van der Waals surface area contributed by atoms with Crippen LogP contribution >= 0.6 is 0 Å². The Kier molecular flexibility index (Phi) is 5.35. The third-order valence-electron chi connectivity index (χ3n) is 2.66. The zero-order chi connectivity index (χ0) is 14.4. The van der Waals surface area contributed by atoms with E-state index in [-0.39, 0.29) is 6.54 Å². The van der Waals surface area contributed by atoms with Crippen molar-refractivity contribution < 1.29 is 9.90 Å². The Bertz CT molecular complexity index is 559. The van der Waals surface area contributed by atoms with Crippen LogP contribution in [-0.4, -0.2) is 27.1 Å². The summed E-state index contributed by atoms with van der Waals surface area (Å²) in [7, 11) is 0. The van der Waals surface area contributed by atoms with Crippen molar-refractivity contribution in [2.45, 2.75) is 39.7 Å². The van der Waals surface area contributed by atoms with Crippen LogP contribution in [-0.2, 0) is 6.54 Å². The summed E-state index contributed by atoms with van der Waals surface area (Å²) in [6.07, 6.45) is 2.27. The van der Waals surface area contributed by atoms with Gasteiger partial charge in [-0.2, -0.15) is 0 Å². The molecule has 0 spiro atoms. The number of aromatic hydroxyl groups is 1. The minimum absolute atomic E-state index is 0.233. The van der Waals surface area contributed by atoms with Crippen molar-refractivity contribution in [2.24, 2.45) is 0 Å². The quantitative estimate of drug-likeness (QED) is 0.641. The fraction of sp³-hybridized carbons (Fsp3) is 0.583. The van der Waals surface area contributed by atoms with Crippen molar-refractivity contribution in [3.8, 4) is 5.88 Å². The van der Waals surface area contributed by atoms with Gasteiger partial charge in [0.05, 0.1) is 0 Å². The van der Waals surface area contributed by atoms with Gasteiger partial charge < -0.3 is 10.4 Å². The van der Waals surface area contributed by atoms with Gasteiger partial charge in [0.2, 0.25) is 5.88 Å². The highest BCUT2D eigenvalue weighted by molar-refractivity contribution is 5.95. The number of aromatic amines is 1. The molecule has 0 aliphatic heterocycles. The smallest absolute Gasteiger partial charge is 0.331 e. The number of H-pyrrole nitrogens is 1. The van der Waals surface area contributed by atoms with Gasteiger partial charge in [-0.3, -0.25) is 19.1 Å². The molecule has 7 heteroatoms. The molecule has 0 aromatic carbocycles. The van der Waals surface area contributed by atoms with E-state index < -0.39 is 28.6 Å². The Morgan fingerprint density at radius 3 is 2.58 bits per heavy atom. The number of rotatable bonds is 6. The molecule has 0 fully saturated rings. The Labute approximate surface area is 110 Å². The van der Waals surface area contributed by atoms with E-state index in [1.165, 1.54) is 0 Å². The Balaban J connectivity index is 3.13. The minimum atomic E-state index is -0.871. The van der Waals surface area contributed by atoms with Crippen LogP contribution in [0.25, 0.3) is 0 Å². The minimum Gasteiger partial charge on any atom is -0.494 e. The third kappa shape index (κ3) is 3.46. The molecule has 19 heavy (non-hydrogen) atoms. The van der Waals surface area contributed by atoms with Crippen molar-refractivity contribution in [1.29, 1.82) is 0 Å². The molecule has 0 aliphatic carbocycles. The van der Waals surface area contributed by atoms with Crippen LogP contribution in [0.1, 0.15) is 43.5 Å². The second-order valence-electron chi connectivity index (χ2n) is 4.22. The lowest BCUT2D eigenvalue weighted by molar-refractivity contribution is 0.0946. The molecular formula is C12H19N3O4. The highest BCUT2D eigenvalue weighted by Gasteiger charge is 2.20. The third-order valence-corrected chi connectivity index (χ3v) is 2.66. The van der Waals surface area contributed by atoms with E-state index in [0.29, 0.717) is 13.0 Å². The maximum atomic E-state index is 11.8. The molecule has 106 valence electrons. The van der Waals surface area contributed by atoms with E-state index in [2.05, 4.69) is 5.32 Å². The lowest BCUT2D eigenvalue weighted by atomic mass is 10.2. The number of nitrogens with zero attached hydrogens (tertiary/aromatic N) is 1. The van der Waals surface area contributed by atoms with E-state index in [4.69, 9.17) is 0 Å². The number of aromatic nitrogens is 2. The summed E-state index contributed by atoms with van der Waals surface area (Å²) >= 11 is 0. The van der Waals surface area contributed by atoms with E-state index >= 15 is 0 Å². The van der Waals surface area contributed by atoms with Crippen molar-refractivity contribution >= 4 is 5.91 Å². The molecule has 0 atom stereocenters. The first kappa shape index (κ1) is 15.0. The Hall–Kier alpha value is -2.05. The summed E-state index contributed by atoms with van der Waals surface area (Å²) < 4.78 is 0.982. The molecule has 0 saturated heterocycles. The van der Waals surface area contributed by atoms with Gasteiger partial charge in [0.1, 0.15) is 0 Å². The van der Waals surface area contributed by atoms with E-state index in [0.717, 1.165) is 17.4 Å². The van der Waals surface area contributed by atoms with Crippen LogP contribution in [0, 0.1) is 0 Å². The van der Waals surface area contributed by atoms with Crippen LogP contribution in [0.5, 0.6) is 5.88 Å². The molecule has 0 saturated carbocycles. The number of nitrogens with one attached hydrogen (secondary N) is 2. The van der Waals surface area contributed by atoms with Gasteiger partial charge in [0, 0.05) is 13.1 Å². The topological polar surface area (TPSA) is 104 Å². The first-order valence-corrected chi connectivity index (χ1v) is 6.37. The zero-order valence-corrected chi connectivity index (χ0v) is 11.2.